The number of carbonyl (C=O) groups is 1. The van der Waals surface area contributed by atoms with Gasteiger partial charge in [-0.2, -0.15) is 0 Å². The van der Waals surface area contributed by atoms with Crippen molar-refractivity contribution in [2.24, 2.45) is 7.05 Å². The fourth-order valence-corrected chi connectivity index (χ4v) is 4.98. The molecule has 1 aliphatic carbocycles. The molecule has 2 heterocycles. The first-order chi connectivity index (χ1) is 12.6. The van der Waals surface area contributed by atoms with Gasteiger partial charge in [-0.1, -0.05) is 31.4 Å². The number of carbonyl (C=O) groups excluding carboxylic acids is 1. The van der Waals surface area contributed by atoms with E-state index < -0.39 is 5.76 Å². The van der Waals surface area contributed by atoms with Crippen molar-refractivity contribution in [3.05, 3.63) is 56.7 Å². The highest BCUT2D eigenvalue weighted by Crippen LogP contribution is 2.41. The van der Waals surface area contributed by atoms with E-state index in [0.717, 1.165) is 12.8 Å². The smallest absolute Gasteiger partial charge is 0.407 e. The molecule has 1 saturated carbocycles. The van der Waals surface area contributed by atoms with Crippen LogP contribution in [-0.2, 0) is 12.5 Å². The summed E-state index contributed by atoms with van der Waals surface area (Å²) in [5.41, 5.74) is 1.42. The predicted octanol–water partition coefficient (Wildman–Crippen LogP) is 3.82. The van der Waals surface area contributed by atoms with Gasteiger partial charge in [-0.3, -0.25) is 9.36 Å². The maximum Gasteiger partial charge on any atom is 0.419 e. The molecule has 0 atom stereocenters. The number of benzene rings is 1. The summed E-state index contributed by atoms with van der Waals surface area (Å²) < 4.78 is 6.71. The van der Waals surface area contributed by atoms with Gasteiger partial charge >= 0.3 is 5.76 Å². The SMILES string of the molecule is Cn1c(=O)oc2c(C(=O)NCC3(c4cccs4)CCCCC3)cccc21. The first-order valence-corrected chi connectivity index (χ1v) is 9.89. The Morgan fingerprint density at radius 2 is 2.04 bits per heavy atom. The van der Waals surface area contributed by atoms with Crippen LogP contribution in [0.5, 0.6) is 0 Å². The first kappa shape index (κ1) is 17.1. The van der Waals surface area contributed by atoms with Gasteiger partial charge in [-0.05, 0) is 36.4 Å². The Hall–Kier alpha value is -2.34. The molecule has 5 nitrogen and oxygen atoms in total. The molecule has 0 spiro atoms. The second-order valence-electron chi connectivity index (χ2n) is 7.08. The molecule has 0 unspecified atom stereocenters. The lowest BCUT2D eigenvalue weighted by Gasteiger charge is -2.36. The molecular formula is C20H22N2O3S. The van der Waals surface area contributed by atoms with Crippen molar-refractivity contribution in [3.63, 3.8) is 0 Å². The summed E-state index contributed by atoms with van der Waals surface area (Å²) >= 11 is 1.77. The van der Waals surface area contributed by atoms with Crippen LogP contribution >= 0.6 is 11.3 Å². The largest absolute Gasteiger partial charge is 0.419 e. The summed E-state index contributed by atoms with van der Waals surface area (Å²) in [6.07, 6.45) is 5.83. The van der Waals surface area contributed by atoms with Crippen LogP contribution in [0.25, 0.3) is 11.1 Å². The van der Waals surface area contributed by atoms with Gasteiger partial charge in [0.05, 0.1) is 11.1 Å². The number of para-hydroxylation sites is 1. The maximum absolute atomic E-state index is 12.9. The van der Waals surface area contributed by atoms with E-state index in [4.69, 9.17) is 4.42 Å². The molecule has 136 valence electrons. The van der Waals surface area contributed by atoms with Crippen molar-refractivity contribution in [1.29, 1.82) is 0 Å². The number of oxazole rings is 1. The number of hydrogen-bond acceptors (Lipinski definition) is 4. The lowest BCUT2D eigenvalue weighted by atomic mass is 9.73. The maximum atomic E-state index is 12.9. The van der Waals surface area contributed by atoms with E-state index >= 15 is 0 Å². The lowest BCUT2D eigenvalue weighted by Crippen LogP contribution is -2.41. The van der Waals surface area contributed by atoms with Crippen LogP contribution in [0, 0.1) is 0 Å². The highest BCUT2D eigenvalue weighted by molar-refractivity contribution is 7.10. The summed E-state index contributed by atoms with van der Waals surface area (Å²) in [5, 5.41) is 5.22. The zero-order valence-electron chi connectivity index (χ0n) is 14.8. The Morgan fingerprint density at radius 1 is 1.23 bits per heavy atom. The molecule has 1 N–H and O–H groups in total. The minimum absolute atomic E-state index is 0.0213. The van der Waals surface area contributed by atoms with Gasteiger partial charge in [-0.15, -0.1) is 11.3 Å². The number of thiophene rings is 1. The topological polar surface area (TPSA) is 64.2 Å². The Balaban J connectivity index is 1.60. The van der Waals surface area contributed by atoms with Crippen molar-refractivity contribution in [1.82, 2.24) is 9.88 Å². The molecular weight excluding hydrogens is 348 g/mol. The van der Waals surface area contributed by atoms with Crippen LogP contribution in [0.15, 0.2) is 44.9 Å². The third kappa shape index (κ3) is 2.88. The molecule has 0 bridgehead atoms. The van der Waals surface area contributed by atoms with Crippen LogP contribution in [-0.4, -0.2) is 17.0 Å². The Morgan fingerprint density at radius 3 is 2.77 bits per heavy atom. The molecule has 1 aromatic carbocycles. The van der Waals surface area contributed by atoms with E-state index in [0.29, 0.717) is 23.2 Å². The van der Waals surface area contributed by atoms with Gasteiger partial charge in [0.15, 0.2) is 5.58 Å². The van der Waals surface area contributed by atoms with Gasteiger partial charge in [0, 0.05) is 23.9 Å². The molecule has 1 fully saturated rings. The zero-order chi connectivity index (χ0) is 18.1. The third-order valence-electron chi connectivity index (χ3n) is 5.51. The van der Waals surface area contributed by atoms with Crippen LogP contribution in [0.3, 0.4) is 0 Å². The van der Waals surface area contributed by atoms with Crippen molar-refractivity contribution < 1.29 is 9.21 Å². The zero-order valence-corrected chi connectivity index (χ0v) is 15.6. The van der Waals surface area contributed by atoms with Crippen LogP contribution in [0.4, 0.5) is 0 Å². The lowest BCUT2D eigenvalue weighted by molar-refractivity contribution is 0.0938. The van der Waals surface area contributed by atoms with Gasteiger partial charge in [-0.25, -0.2) is 4.79 Å². The summed E-state index contributed by atoms with van der Waals surface area (Å²) in [7, 11) is 1.64. The van der Waals surface area contributed by atoms with Gasteiger partial charge in [0.25, 0.3) is 5.91 Å². The van der Waals surface area contributed by atoms with E-state index in [1.165, 1.54) is 28.7 Å². The number of amides is 1. The Labute approximate surface area is 155 Å². The second kappa shape index (κ2) is 6.76. The summed E-state index contributed by atoms with van der Waals surface area (Å²) in [6, 6.07) is 9.53. The van der Waals surface area contributed by atoms with E-state index in [1.54, 1.807) is 36.6 Å². The van der Waals surface area contributed by atoms with E-state index in [-0.39, 0.29) is 11.3 Å². The Bertz CT molecular complexity index is 978. The normalized spacial score (nSPS) is 16.7. The number of rotatable bonds is 4. The minimum atomic E-state index is -0.456. The molecule has 1 aliphatic rings. The average Bonchev–Trinajstić information content (AvgIpc) is 3.30. The fraction of sp³-hybridized carbons (Fsp3) is 0.400. The van der Waals surface area contributed by atoms with Gasteiger partial charge < -0.3 is 9.73 Å². The van der Waals surface area contributed by atoms with Crippen LogP contribution in [0.1, 0.15) is 47.3 Å². The fourth-order valence-electron chi connectivity index (χ4n) is 3.99. The number of nitrogens with zero attached hydrogens (tertiary/aromatic N) is 1. The van der Waals surface area contributed by atoms with Crippen molar-refractivity contribution >= 4 is 28.3 Å². The molecule has 0 aliphatic heterocycles. The number of hydrogen-bond donors (Lipinski definition) is 1. The average molecular weight is 370 g/mol. The van der Waals surface area contributed by atoms with Gasteiger partial charge in [0.2, 0.25) is 0 Å². The number of nitrogens with one attached hydrogen (secondary N) is 1. The summed E-state index contributed by atoms with van der Waals surface area (Å²) in [4.78, 5) is 26.0. The van der Waals surface area contributed by atoms with Crippen LogP contribution < -0.4 is 11.1 Å². The molecule has 0 saturated heterocycles. The standard InChI is InChI=1S/C20H22N2O3S/c1-22-15-8-5-7-14(17(15)25-19(22)24)18(23)21-13-20(10-3-2-4-11-20)16-9-6-12-26-16/h5-9,12H,2-4,10-11,13H2,1H3,(H,21,23). The highest BCUT2D eigenvalue weighted by Gasteiger charge is 2.35. The summed E-state index contributed by atoms with van der Waals surface area (Å²) in [6.45, 7) is 0.611. The minimum Gasteiger partial charge on any atom is -0.407 e. The molecule has 6 heteroatoms. The number of fused-ring (bicyclic) bond motifs is 1. The van der Waals surface area contributed by atoms with E-state index in [1.807, 2.05) is 0 Å². The van der Waals surface area contributed by atoms with Crippen molar-refractivity contribution in [3.8, 4) is 0 Å². The molecule has 3 aromatic rings. The number of aromatic nitrogens is 1. The summed E-state index contributed by atoms with van der Waals surface area (Å²) in [5.74, 6) is -0.644. The van der Waals surface area contributed by atoms with Crippen LogP contribution in [0.2, 0.25) is 0 Å². The van der Waals surface area contributed by atoms with E-state index in [9.17, 15) is 9.59 Å². The first-order valence-electron chi connectivity index (χ1n) is 9.01. The van der Waals surface area contributed by atoms with E-state index in [2.05, 4.69) is 22.8 Å². The van der Waals surface area contributed by atoms with Crippen molar-refractivity contribution in [2.45, 2.75) is 37.5 Å². The molecule has 2 aromatic heterocycles. The third-order valence-corrected chi connectivity index (χ3v) is 6.62. The monoisotopic (exact) mass is 370 g/mol. The Kier molecular flexibility index (Phi) is 4.44. The quantitative estimate of drug-likeness (QED) is 0.759. The highest BCUT2D eigenvalue weighted by atomic mass is 32.1. The second-order valence-corrected chi connectivity index (χ2v) is 8.03. The molecule has 4 rings (SSSR count). The molecule has 1 amide bonds. The molecule has 0 radical (unpaired) electrons. The number of aryl methyl sites for hydroxylation is 1. The molecule has 26 heavy (non-hydrogen) atoms. The predicted molar refractivity (Wildman–Crippen MR) is 103 cm³/mol. The van der Waals surface area contributed by atoms with Crippen molar-refractivity contribution in [2.75, 3.05) is 6.54 Å². The van der Waals surface area contributed by atoms with Gasteiger partial charge in [0.1, 0.15) is 0 Å².